The predicted molar refractivity (Wildman–Crippen MR) is 83.9 cm³/mol. The number of amides is 1. The molecule has 0 fully saturated rings. The Hall–Kier alpha value is -1.60. The van der Waals surface area contributed by atoms with Crippen molar-refractivity contribution in [3.63, 3.8) is 0 Å². The minimum Gasteiger partial charge on any atom is -0.383 e. The number of ether oxygens (including phenoxy) is 1. The van der Waals surface area contributed by atoms with E-state index in [0.717, 1.165) is 15.7 Å². The van der Waals surface area contributed by atoms with Crippen molar-refractivity contribution in [3.05, 3.63) is 28.2 Å². The molecule has 110 valence electrons. The number of hydrogen-bond acceptors (Lipinski definition) is 3. The van der Waals surface area contributed by atoms with Gasteiger partial charge in [-0.05, 0) is 24.6 Å². The van der Waals surface area contributed by atoms with E-state index in [1.807, 2.05) is 25.1 Å². The van der Waals surface area contributed by atoms with Crippen molar-refractivity contribution in [2.75, 3.05) is 32.1 Å². The van der Waals surface area contributed by atoms with Gasteiger partial charge >= 0.3 is 0 Å². The average molecular weight is 343 g/mol. The van der Waals surface area contributed by atoms with Crippen LogP contribution in [-0.2, 0) is 9.53 Å². The molecule has 20 heavy (non-hydrogen) atoms. The summed E-state index contributed by atoms with van der Waals surface area (Å²) in [6.07, 6.45) is 0. The normalized spacial score (nSPS) is 11.2. The van der Waals surface area contributed by atoms with E-state index in [4.69, 9.17) is 10.5 Å². The fourth-order valence-corrected chi connectivity index (χ4v) is 1.77. The third-order valence-corrected chi connectivity index (χ3v) is 2.97. The second-order valence-corrected chi connectivity index (χ2v) is 5.04. The molecule has 4 N–H and O–H groups in total. The zero-order chi connectivity index (χ0) is 15.0. The van der Waals surface area contributed by atoms with Gasteiger partial charge in [-0.15, -0.1) is 0 Å². The molecule has 7 heteroatoms. The van der Waals surface area contributed by atoms with E-state index in [2.05, 4.69) is 31.6 Å². The number of guanidine groups is 1. The van der Waals surface area contributed by atoms with Gasteiger partial charge in [-0.3, -0.25) is 4.79 Å². The fourth-order valence-electron chi connectivity index (χ4n) is 1.41. The Balaban J connectivity index is 2.47. The molecule has 0 bridgehead atoms. The second-order valence-electron chi connectivity index (χ2n) is 4.13. The van der Waals surface area contributed by atoms with Crippen molar-refractivity contribution in [1.29, 1.82) is 0 Å². The maximum atomic E-state index is 11.8. The quantitative estimate of drug-likeness (QED) is 0.412. The molecule has 1 rings (SSSR count). The number of aliphatic imine (C=N–C) groups is 1. The molecule has 0 aromatic heterocycles. The third kappa shape index (κ3) is 6.03. The summed E-state index contributed by atoms with van der Waals surface area (Å²) in [5.41, 5.74) is 7.34. The second kappa shape index (κ2) is 8.55. The molecule has 0 atom stereocenters. The van der Waals surface area contributed by atoms with Gasteiger partial charge in [0.15, 0.2) is 5.96 Å². The van der Waals surface area contributed by atoms with Gasteiger partial charge in [-0.25, -0.2) is 4.99 Å². The Morgan fingerprint density at radius 3 is 2.95 bits per heavy atom. The number of carbonyl (C=O) groups excluding carboxylic acids is 1. The van der Waals surface area contributed by atoms with E-state index in [9.17, 15) is 4.79 Å². The number of rotatable bonds is 6. The van der Waals surface area contributed by atoms with Crippen LogP contribution in [0.4, 0.5) is 5.69 Å². The molecule has 0 aliphatic heterocycles. The molecule has 0 aliphatic carbocycles. The number of benzene rings is 1. The largest absolute Gasteiger partial charge is 0.383 e. The minimum atomic E-state index is -0.220. The van der Waals surface area contributed by atoms with Gasteiger partial charge in [-0.2, -0.15) is 0 Å². The summed E-state index contributed by atoms with van der Waals surface area (Å²) in [4.78, 5) is 15.7. The first-order chi connectivity index (χ1) is 9.52. The Bertz CT molecular complexity index is 491. The smallest absolute Gasteiger partial charge is 0.246 e. The van der Waals surface area contributed by atoms with Gasteiger partial charge in [-0.1, -0.05) is 22.0 Å². The number of methoxy groups -OCH3 is 1. The van der Waals surface area contributed by atoms with Gasteiger partial charge < -0.3 is 21.1 Å². The summed E-state index contributed by atoms with van der Waals surface area (Å²) in [6.45, 7) is 2.97. The van der Waals surface area contributed by atoms with Crippen LogP contribution in [0.1, 0.15) is 5.56 Å². The first-order valence-corrected chi connectivity index (χ1v) is 6.91. The number of anilines is 1. The molecule has 1 amide bonds. The Morgan fingerprint density at radius 1 is 1.50 bits per heavy atom. The van der Waals surface area contributed by atoms with Crippen molar-refractivity contribution in [2.24, 2.45) is 10.7 Å². The zero-order valence-electron chi connectivity index (χ0n) is 11.6. The summed E-state index contributed by atoms with van der Waals surface area (Å²) in [7, 11) is 1.60. The van der Waals surface area contributed by atoms with Gasteiger partial charge in [0, 0.05) is 23.8 Å². The first-order valence-electron chi connectivity index (χ1n) is 6.11. The van der Waals surface area contributed by atoms with Crippen LogP contribution in [0.15, 0.2) is 27.7 Å². The van der Waals surface area contributed by atoms with Crippen LogP contribution in [0.25, 0.3) is 0 Å². The van der Waals surface area contributed by atoms with E-state index < -0.39 is 0 Å². The number of nitrogens with one attached hydrogen (secondary N) is 2. The van der Waals surface area contributed by atoms with Crippen LogP contribution in [0.3, 0.4) is 0 Å². The molecular weight excluding hydrogens is 324 g/mol. The molecule has 0 heterocycles. The van der Waals surface area contributed by atoms with Crippen LogP contribution in [-0.4, -0.2) is 38.7 Å². The SMILES string of the molecule is COCCNC(N)=NCC(=O)Nc1cc(Br)ccc1C. The monoisotopic (exact) mass is 342 g/mol. The number of hydrogen-bond donors (Lipinski definition) is 3. The molecule has 0 saturated carbocycles. The predicted octanol–water partition coefficient (Wildman–Crippen LogP) is 1.25. The molecule has 0 spiro atoms. The van der Waals surface area contributed by atoms with Crippen LogP contribution in [0, 0.1) is 6.92 Å². The lowest BCUT2D eigenvalue weighted by Gasteiger charge is -2.08. The molecule has 1 aromatic carbocycles. The highest BCUT2D eigenvalue weighted by Gasteiger charge is 2.05. The highest BCUT2D eigenvalue weighted by atomic mass is 79.9. The van der Waals surface area contributed by atoms with E-state index in [0.29, 0.717) is 13.2 Å². The van der Waals surface area contributed by atoms with E-state index in [1.54, 1.807) is 7.11 Å². The summed E-state index contributed by atoms with van der Waals surface area (Å²) in [6, 6.07) is 5.68. The Labute approximate surface area is 126 Å². The third-order valence-electron chi connectivity index (χ3n) is 2.48. The van der Waals surface area contributed by atoms with Gasteiger partial charge in [0.25, 0.3) is 0 Å². The van der Waals surface area contributed by atoms with Crippen molar-refractivity contribution in [2.45, 2.75) is 6.92 Å². The minimum absolute atomic E-state index is 0.0300. The number of carbonyl (C=O) groups is 1. The van der Waals surface area contributed by atoms with Gasteiger partial charge in [0.05, 0.1) is 6.61 Å². The van der Waals surface area contributed by atoms with Crippen LogP contribution < -0.4 is 16.4 Å². The van der Waals surface area contributed by atoms with Crippen molar-refractivity contribution < 1.29 is 9.53 Å². The summed E-state index contributed by atoms with van der Waals surface area (Å²) >= 11 is 3.36. The Kier molecular flexibility index (Phi) is 7.03. The highest BCUT2D eigenvalue weighted by Crippen LogP contribution is 2.20. The number of nitrogens with zero attached hydrogens (tertiary/aromatic N) is 1. The average Bonchev–Trinajstić information content (AvgIpc) is 2.41. The van der Waals surface area contributed by atoms with Crippen LogP contribution >= 0.6 is 15.9 Å². The summed E-state index contributed by atoms with van der Waals surface area (Å²) < 4.78 is 5.77. The Morgan fingerprint density at radius 2 is 2.25 bits per heavy atom. The topological polar surface area (TPSA) is 88.7 Å². The number of halogens is 1. The zero-order valence-corrected chi connectivity index (χ0v) is 13.2. The molecule has 6 nitrogen and oxygen atoms in total. The lowest BCUT2D eigenvalue weighted by atomic mass is 10.2. The summed E-state index contributed by atoms with van der Waals surface area (Å²) in [5.74, 6) is 0.00542. The highest BCUT2D eigenvalue weighted by molar-refractivity contribution is 9.10. The molecule has 0 unspecified atom stereocenters. The standard InChI is InChI=1S/C13H19BrN4O2/c1-9-3-4-10(14)7-11(9)18-12(19)8-17-13(15)16-5-6-20-2/h3-4,7H,5-6,8H2,1-2H3,(H,18,19)(H3,15,16,17). The number of nitrogens with two attached hydrogens (primary N) is 1. The van der Waals surface area contributed by atoms with Gasteiger partial charge in [0.2, 0.25) is 5.91 Å². The van der Waals surface area contributed by atoms with Gasteiger partial charge in [0.1, 0.15) is 6.54 Å². The molecule has 0 saturated heterocycles. The van der Waals surface area contributed by atoms with Crippen LogP contribution in [0.5, 0.6) is 0 Å². The lowest BCUT2D eigenvalue weighted by molar-refractivity contribution is -0.114. The lowest BCUT2D eigenvalue weighted by Crippen LogP contribution is -2.35. The van der Waals surface area contributed by atoms with Crippen molar-refractivity contribution >= 4 is 33.5 Å². The van der Waals surface area contributed by atoms with E-state index in [-0.39, 0.29) is 18.4 Å². The van der Waals surface area contributed by atoms with Crippen molar-refractivity contribution in [3.8, 4) is 0 Å². The van der Waals surface area contributed by atoms with E-state index >= 15 is 0 Å². The van der Waals surface area contributed by atoms with Crippen molar-refractivity contribution in [1.82, 2.24) is 5.32 Å². The molecule has 0 radical (unpaired) electrons. The molecule has 1 aromatic rings. The maximum Gasteiger partial charge on any atom is 0.246 e. The molecular formula is C13H19BrN4O2. The van der Waals surface area contributed by atoms with Crippen LogP contribution in [0.2, 0.25) is 0 Å². The number of aryl methyl sites for hydroxylation is 1. The van der Waals surface area contributed by atoms with E-state index in [1.165, 1.54) is 0 Å². The fraction of sp³-hybridized carbons (Fsp3) is 0.385. The maximum absolute atomic E-state index is 11.8. The molecule has 0 aliphatic rings. The summed E-state index contributed by atoms with van der Waals surface area (Å²) in [5, 5.41) is 5.63. The first kappa shape index (κ1) is 16.5.